The lowest BCUT2D eigenvalue weighted by atomic mass is 10.0. The zero-order valence-corrected chi connectivity index (χ0v) is 13.7. The number of pyridine rings is 1. The molecule has 1 aliphatic heterocycles. The number of amides is 1. The summed E-state index contributed by atoms with van der Waals surface area (Å²) in [5.74, 6) is -0.222. The highest BCUT2D eigenvalue weighted by atomic mass is 16.2. The number of likely N-dealkylation sites (N-methyl/N-ethyl adjacent to an activating group) is 1. The van der Waals surface area contributed by atoms with Gasteiger partial charge in [-0.1, -0.05) is 6.07 Å². The van der Waals surface area contributed by atoms with Gasteiger partial charge in [0.25, 0.3) is 5.91 Å². The van der Waals surface area contributed by atoms with Crippen molar-refractivity contribution in [1.82, 2.24) is 20.1 Å². The van der Waals surface area contributed by atoms with Gasteiger partial charge in [-0.15, -0.1) is 0 Å². The third-order valence-corrected chi connectivity index (χ3v) is 4.18. The van der Waals surface area contributed by atoms with Crippen LogP contribution < -0.4 is 5.32 Å². The largest absolute Gasteiger partial charge is 0.386 e. The van der Waals surface area contributed by atoms with Gasteiger partial charge in [-0.2, -0.15) is 5.26 Å². The molecule has 0 unspecified atom stereocenters. The highest BCUT2D eigenvalue weighted by Crippen LogP contribution is 2.15. The number of nitriles is 1. The maximum absolute atomic E-state index is 12.5. The van der Waals surface area contributed by atoms with E-state index in [-0.39, 0.29) is 17.5 Å². The molecule has 0 atom stereocenters. The van der Waals surface area contributed by atoms with E-state index in [1.54, 1.807) is 24.3 Å². The third-order valence-electron chi connectivity index (χ3n) is 4.18. The Morgan fingerprint density at radius 2 is 2.30 bits per heavy atom. The number of hydrogen-bond acceptors (Lipinski definition) is 5. The molecule has 2 rings (SSSR count). The Balaban J connectivity index is 1.92. The lowest BCUT2D eigenvalue weighted by Gasteiger charge is -2.34. The van der Waals surface area contributed by atoms with Gasteiger partial charge in [0, 0.05) is 38.2 Å². The standard InChI is InChI=1S/C17H23N5O/c1-21-8-5-16(6-9-21)22(2)17(23)15(10-18)13-20-12-14-4-3-7-19-11-14/h3-4,7,11,13,16,20H,5-6,8-9,12H2,1-2H3/b15-13-. The number of piperidine rings is 1. The van der Waals surface area contributed by atoms with Crippen LogP contribution in [-0.4, -0.2) is 53.9 Å². The summed E-state index contributed by atoms with van der Waals surface area (Å²) in [6.07, 6.45) is 6.85. The fourth-order valence-corrected chi connectivity index (χ4v) is 2.65. The van der Waals surface area contributed by atoms with Crippen molar-refractivity contribution >= 4 is 5.91 Å². The molecule has 1 aromatic rings. The molecule has 1 N–H and O–H groups in total. The Morgan fingerprint density at radius 3 is 2.91 bits per heavy atom. The smallest absolute Gasteiger partial charge is 0.265 e. The Kier molecular flexibility index (Phi) is 6.12. The molecule has 6 nitrogen and oxygen atoms in total. The lowest BCUT2D eigenvalue weighted by Crippen LogP contribution is -2.45. The minimum atomic E-state index is -0.222. The molecule has 2 heterocycles. The highest BCUT2D eigenvalue weighted by Gasteiger charge is 2.25. The molecule has 122 valence electrons. The van der Waals surface area contributed by atoms with Crippen molar-refractivity contribution in [2.75, 3.05) is 27.2 Å². The summed E-state index contributed by atoms with van der Waals surface area (Å²) in [6, 6.07) is 5.99. The van der Waals surface area contributed by atoms with Crippen molar-refractivity contribution in [1.29, 1.82) is 5.26 Å². The minimum Gasteiger partial charge on any atom is -0.386 e. The van der Waals surface area contributed by atoms with Crippen LogP contribution in [0.4, 0.5) is 0 Å². The van der Waals surface area contributed by atoms with Crippen LogP contribution in [0.25, 0.3) is 0 Å². The van der Waals surface area contributed by atoms with Crippen molar-refractivity contribution in [3.63, 3.8) is 0 Å². The van der Waals surface area contributed by atoms with Crippen molar-refractivity contribution < 1.29 is 4.79 Å². The molecule has 0 aromatic carbocycles. The third kappa shape index (κ3) is 4.80. The van der Waals surface area contributed by atoms with Gasteiger partial charge in [-0.3, -0.25) is 9.78 Å². The predicted octanol–water partition coefficient (Wildman–Crippen LogP) is 1.13. The van der Waals surface area contributed by atoms with Crippen molar-refractivity contribution in [2.24, 2.45) is 0 Å². The topological polar surface area (TPSA) is 72.3 Å². The van der Waals surface area contributed by atoms with Gasteiger partial charge in [-0.05, 0) is 44.6 Å². The second-order valence-corrected chi connectivity index (χ2v) is 5.86. The molecule has 0 spiro atoms. The zero-order chi connectivity index (χ0) is 16.7. The molecule has 23 heavy (non-hydrogen) atoms. The van der Waals surface area contributed by atoms with Gasteiger partial charge in [-0.25, -0.2) is 0 Å². The molecule has 1 saturated heterocycles. The molecular formula is C17H23N5O. The summed E-state index contributed by atoms with van der Waals surface area (Å²) in [6.45, 7) is 2.49. The number of carbonyl (C=O) groups excluding carboxylic acids is 1. The van der Waals surface area contributed by atoms with E-state index in [1.807, 2.05) is 18.2 Å². The summed E-state index contributed by atoms with van der Waals surface area (Å²) < 4.78 is 0. The number of carbonyl (C=O) groups is 1. The van der Waals surface area contributed by atoms with Crippen LogP contribution in [0.5, 0.6) is 0 Å². The molecule has 6 heteroatoms. The van der Waals surface area contributed by atoms with E-state index in [0.29, 0.717) is 6.54 Å². The van der Waals surface area contributed by atoms with Crippen LogP contribution in [0.15, 0.2) is 36.3 Å². The van der Waals surface area contributed by atoms with Crippen molar-refractivity contribution in [3.8, 4) is 6.07 Å². The van der Waals surface area contributed by atoms with Crippen molar-refractivity contribution in [2.45, 2.75) is 25.4 Å². The number of nitrogens with zero attached hydrogens (tertiary/aromatic N) is 4. The number of hydrogen-bond donors (Lipinski definition) is 1. The zero-order valence-electron chi connectivity index (χ0n) is 13.7. The molecule has 1 fully saturated rings. The van der Waals surface area contributed by atoms with Gasteiger partial charge in [0.2, 0.25) is 0 Å². The van der Waals surface area contributed by atoms with E-state index >= 15 is 0 Å². The van der Waals surface area contributed by atoms with Crippen LogP contribution in [0.3, 0.4) is 0 Å². The molecule has 1 aliphatic rings. The van der Waals surface area contributed by atoms with Crippen LogP contribution in [0.1, 0.15) is 18.4 Å². The molecule has 0 saturated carbocycles. The Labute approximate surface area is 137 Å². The number of rotatable bonds is 5. The normalized spacial score (nSPS) is 16.7. The van der Waals surface area contributed by atoms with Crippen LogP contribution in [0.2, 0.25) is 0 Å². The molecule has 0 bridgehead atoms. The van der Waals surface area contributed by atoms with Gasteiger partial charge >= 0.3 is 0 Å². The Hall–Kier alpha value is -2.39. The first-order valence-electron chi connectivity index (χ1n) is 7.80. The second-order valence-electron chi connectivity index (χ2n) is 5.86. The predicted molar refractivity (Wildman–Crippen MR) is 88.1 cm³/mol. The highest BCUT2D eigenvalue weighted by molar-refractivity contribution is 5.97. The summed E-state index contributed by atoms with van der Waals surface area (Å²) in [5, 5.41) is 12.3. The average molecular weight is 313 g/mol. The summed E-state index contributed by atoms with van der Waals surface area (Å²) in [7, 11) is 3.87. The summed E-state index contributed by atoms with van der Waals surface area (Å²) in [4.78, 5) is 20.5. The van der Waals surface area contributed by atoms with Gasteiger partial charge in [0.1, 0.15) is 11.6 Å². The van der Waals surface area contributed by atoms with Gasteiger partial charge < -0.3 is 15.1 Å². The number of nitrogens with one attached hydrogen (secondary N) is 1. The second kappa shape index (κ2) is 8.30. The van der Waals surface area contributed by atoms with E-state index in [2.05, 4.69) is 22.2 Å². The van der Waals surface area contributed by atoms with Crippen molar-refractivity contribution in [3.05, 3.63) is 41.9 Å². The SMILES string of the molecule is CN1CCC(N(C)C(=O)/C(C#N)=C\NCc2cccnc2)CC1. The molecule has 0 aliphatic carbocycles. The first kappa shape index (κ1) is 17.0. The molecular weight excluding hydrogens is 290 g/mol. The van der Waals surface area contributed by atoms with E-state index in [0.717, 1.165) is 31.5 Å². The van der Waals surface area contributed by atoms with E-state index in [4.69, 9.17) is 0 Å². The maximum Gasteiger partial charge on any atom is 0.265 e. The first-order chi connectivity index (χ1) is 11.1. The van der Waals surface area contributed by atoms with Gasteiger partial charge in [0.15, 0.2) is 0 Å². The van der Waals surface area contributed by atoms with Gasteiger partial charge in [0.05, 0.1) is 0 Å². The Bertz CT molecular complexity index is 585. The average Bonchev–Trinajstić information content (AvgIpc) is 2.59. The van der Waals surface area contributed by atoms with Crippen LogP contribution in [-0.2, 0) is 11.3 Å². The summed E-state index contributed by atoms with van der Waals surface area (Å²) in [5.41, 5.74) is 1.13. The van der Waals surface area contributed by atoms with E-state index in [9.17, 15) is 10.1 Å². The lowest BCUT2D eigenvalue weighted by molar-refractivity contribution is -0.128. The number of likely N-dealkylation sites (tertiary alicyclic amines) is 1. The van der Waals surface area contributed by atoms with E-state index in [1.165, 1.54) is 6.20 Å². The van der Waals surface area contributed by atoms with E-state index < -0.39 is 0 Å². The fraction of sp³-hybridized carbons (Fsp3) is 0.471. The molecule has 1 amide bonds. The monoisotopic (exact) mass is 313 g/mol. The molecule has 0 radical (unpaired) electrons. The fourth-order valence-electron chi connectivity index (χ4n) is 2.65. The molecule has 1 aromatic heterocycles. The first-order valence-corrected chi connectivity index (χ1v) is 7.80. The van der Waals surface area contributed by atoms with Crippen LogP contribution >= 0.6 is 0 Å². The quantitative estimate of drug-likeness (QED) is 0.652. The van der Waals surface area contributed by atoms with Crippen LogP contribution in [0, 0.1) is 11.3 Å². The number of aromatic nitrogens is 1. The summed E-state index contributed by atoms with van der Waals surface area (Å²) >= 11 is 0. The minimum absolute atomic E-state index is 0.135. The Morgan fingerprint density at radius 1 is 1.57 bits per heavy atom. The maximum atomic E-state index is 12.5.